The van der Waals surface area contributed by atoms with Crippen molar-refractivity contribution in [2.24, 2.45) is 0 Å². The molecule has 0 saturated carbocycles. The first-order valence-electron chi connectivity index (χ1n) is 4.63. The van der Waals surface area contributed by atoms with Gasteiger partial charge in [0.2, 0.25) is 0 Å². The van der Waals surface area contributed by atoms with E-state index in [9.17, 15) is 0 Å². The largest absolute Gasteiger partial charge is 1.00 e. The van der Waals surface area contributed by atoms with Gasteiger partial charge < -0.3 is 30.6 Å². The van der Waals surface area contributed by atoms with Crippen molar-refractivity contribution in [1.82, 2.24) is 0 Å². The van der Waals surface area contributed by atoms with Gasteiger partial charge in [-0.05, 0) is 20.8 Å². The van der Waals surface area contributed by atoms with Crippen molar-refractivity contribution in [2.75, 3.05) is 19.8 Å². The maximum absolute atomic E-state index is 8.11. The molecule has 0 amide bonds. The van der Waals surface area contributed by atoms with Gasteiger partial charge in [0, 0.05) is 0 Å². The van der Waals surface area contributed by atoms with Crippen LogP contribution in [0.1, 0.15) is 20.8 Å². The minimum absolute atomic E-state index is 0. The smallest absolute Gasteiger partial charge is 0.870 e. The molecule has 0 spiro atoms. The van der Waals surface area contributed by atoms with E-state index < -0.39 is 12.2 Å². The molecule has 3 atom stereocenters. The van der Waals surface area contributed by atoms with Crippen LogP contribution >= 0.6 is 0 Å². The summed E-state index contributed by atoms with van der Waals surface area (Å²) in [7, 11) is 0. The zero-order valence-electron chi connectivity index (χ0n) is 10.5. The van der Waals surface area contributed by atoms with Crippen molar-refractivity contribution >= 4 is 0 Å². The summed E-state index contributed by atoms with van der Waals surface area (Å²) in [6.07, 6.45) is -0.537. The number of aliphatic hydroxyl groups is 4. The van der Waals surface area contributed by atoms with E-state index in [1.54, 1.807) is 0 Å². The Morgan fingerprint density at radius 1 is 1.12 bits per heavy atom. The van der Waals surface area contributed by atoms with Gasteiger partial charge in [-0.15, -0.1) is 0 Å². The summed E-state index contributed by atoms with van der Waals surface area (Å²) in [4.78, 5) is 0. The first kappa shape index (κ1) is 26.1. The fourth-order valence-corrected chi connectivity index (χ4v) is 0.0962. The molecule has 6 nitrogen and oxygen atoms in total. The minimum Gasteiger partial charge on any atom is -0.870 e. The number of hydrogen-bond acceptors (Lipinski definition) is 6. The number of rotatable bonds is 2. The van der Waals surface area contributed by atoms with Crippen LogP contribution in [0.25, 0.3) is 0 Å². The Hall–Kier alpha value is 1.40. The Morgan fingerprint density at radius 3 is 1.25 bits per heavy atom. The number of aliphatic hydroxyl groups excluding tert-OH is 4. The van der Waals surface area contributed by atoms with Gasteiger partial charge in [0.25, 0.3) is 0 Å². The van der Waals surface area contributed by atoms with Crippen molar-refractivity contribution < 1.29 is 82.0 Å². The van der Waals surface area contributed by atoms with Crippen molar-refractivity contribution in [3.05, 3.63) is 0 Å². The van der Waals surface area contributed by atoms with Crippen LogP contribution in [0, 0.1) is 0 Å². The Labute approximate surface area is 139 Å². The molecule has 1 aliphatic rings. The van der Waals surface area contributed by atoms with Gasteiger partial charge in [-0.3, -0.25) is 0 Å². The molecule has 0 aromatic rings. The minimum atomic E-state index is -0.560. The van der Waals surface area contributed by atoms with Crippen molar-refractivity contribution in [3.63, 3.8) is 0 Å². The fourth-order valence-electron chi connectivity index (χ4n) is 0.0962. The molecule has 0 aromatic heterocycles. The predicted octanol–water partition coefficient (Wildman–Crippen LogP) is -4.05. The van der Waals surface area contributed by atoms with E-state index >= 15 is 0 Å². The SMILES string of the molecule is CC(O)CO.CC(O)CO.CC1CO1.[K+].[OH-]. The first-order chi connectivity index (χ1) is 6.43. The molecule has 0 aromatic carbocycles. The van der Waals surface area contributed by atoms with Crippen molar-refractivity contribution in [2.45, 2.75) is 39.1 Å². The quantitative estimate of drug-likeness (QED) is 0.298. The summed E-state index contributed by atoms with van der Waals surface area (Å²) in [6, 6.07) is 0. The van der Waals surface area contributed by atoms with Gasteiger partial charge in [0.15, 0.2) is 0 Å². The number of hydrogen-bond donors (Lipinski definition) is 4. The average molecular weight is 266 g/mol. The van der Waals surface area contributed by atoms with E-state index in [0.29, 0.717) is 6.10 Å². The molecule has 1 aliphatic heterocycles. The summed E-state index contributed by atoms with van der Waals surface area (Å²) in [6.45, 7) is 5.82. The van der Waals surface area contributed by atoms with Crippen LogP contribution in [-0.4, -0.2) is 64.0 Å². The molecule has 5 N–H and O–H groups in total. The van der Waals surface area contributed by atoms with Crippen LogP contribution in [0.2, 0.25) is 0 Å². The molecule has 1 saturated heterocycles. The van der Waals surface area contributed by atoms with E-state index in [1.807, 2.05) is 0 Å². The molecule has 16 heavy (non-hydrogen) atoms. The topological polar surface area (TPSA) is 123 Å². The van der Waals surface area contributed by atoms with Gasteiger partial charge in [0.1, 0.15) is 0 Å². The Morgan fingerprint density at radius 2 is 1.25 bits per heavy atom. The van der Waals surface area contributed by atoms with E-state index in [2.05, 4.69) is 6.92 Å². The van der Waals surface area contributed by atoms with Crippen molar-refractivity contribution in [3.8, 4) is 0 Å². The number of ether oxygens (including phenoxy) is 1. The molecular weight excluding hydrogens is 243 g/mol. The van der Waals surface area contributed by atoms with Gasteiger partial charge in [-0.25, -0.2) is 0 Å². The van der Waals surface area contributed by atoms with Crippen LogP contribution in [0.15, 0.2) is 0 Å². The van der Waals surface area contributed by atoms with E-state index in [-0.39, 0.29) is 70.1 Å². The predicted molar refractivity (Wildman–Crippen MR) is 54.9 cm³/mol. The van der Waals surface area contributed by atoms with Crippen LogP contribution in [0.4, 0.5) is 0 Å². The third-order valence-electron chi connectivity index (χ3n) is 1.03. The second kappa shape index (κ2) is 18.8. The average Bonchev–Trinajstić information content (AvgIpc) is 2.89. The van der Waals surface area contributed by atoms with Crippen LogP contribution in [0.5, 0.6) is 0 Å². The van der Waals surface area contributed by atoms with E-state index in [0.717, 1.165) is 6.61 Å². The van der Waals surface area contributed by atoms with E-state index in [4.69, 9.17) is 25.2 Å². The van der Waals surface area contributed by atoms with Gasteiger partial charge in [0.05, 0.1) is 38.1 Å². The fraction of sp³-hybridized carbons (Fsp3) is 1.00. The van der Waals surface area contributed by atoms with Crippen LogP contribution in [-0.2, 0) is 4.74 Å². The molecule has 1 heterocycles. The third kappa shape index (κ3) is 45.3. The molecular formula is C9H23KO6. The summed E-state index contributed by atoms with van der Waals surface area (Å²) in [5.74, 6) is 0. The molecule has 3 unspecified atom stereocenters. The van der Waals surface area contributed by atoms with Gasteiger partial charge in [-0.2, -0.15) is 0 Å². The molecule has 1 rings (SSSR count). The van der Waals surface area contributed by atoms with Crippen molar-refractivity contribution in [1.29, 1.82) is 0 Å². The molecule has 0 aliphatic carbocycles. The molecule has 0 bridgehead atoms. The van der Waals surface area contributed by atoms with Crippen LogP contribution in [0.3, 0.4) is 0 Å². The maximum Gasteiger partial charge on any atom is 1.00 e. The maximum atomic E-state index is 8.11. The Kier molecular flexibility index (Phi) is 30.5. The zero-order valence-corrected chi connectivity index (χ0v) is 13.6. The second-order valence-corrected chi connectivity index (χ2v) is 3.21. The number of epoxide rings is 1. The molecule has 0 radical (unpaired) electrons. The standard InChI is InChI=1S/2C3H8O2.C3H6O.K.H2O/c2*1-3(5)2-4;1-3-2-4-3;;/h2*3-5H,2H2,1H3;3H,2H2,1H3;;1H2/q;;;+1;/p-1. The second-order valence-electron chi connectivity index (χ2n) is 3.21. The molecule has 96 valence electrons. The molecule has 1 fully saturated rings. The van der Waals surface area contributed by atoms with E-state index in [1.165, 1.54) is 13.8 Å². The first-order valence-corrected chi connectivity index (χ1v) is 4.63. The van der Waals surface area contributed by atoms with Crippen LogP contribution < -0.4 is 51.4 Å². The summed E-state index contributed by atoms with van der Waals surface area (Å²) in [5.41, 5.74) is 0. The Bertz CT molecular complexity index is 100. The third-order valence-corrected chi connectivity index (χ3v) is 1.03. The summed E-state index contributed by atoms with van der Waals surface area (Å²) >= 11 is 0. The normalized spacial score (nSPS) is 19.3. The summed E-state index contributed by atoms with van der Waals surface area (Å²) < 4.78 is 4.71. The molecule has 7 heteroatoms. The van der Waals surface area contributed by atoms with Gasteiger partial charge >= 0.3 is 51.4 Å². The monoisotopic (exact) mass is 266 g/mol. The zero-order chi connectivity index (χ0) is 11.6. The Balaban J connectivity index is -0.0000000636. The van der Waals surface area contributed by atoms with Gasteiger partial charge in [-0.1, -0.05) is 0 Å². The summed E-state index contributed by atoms with van der Waals surface area (Å²) in [5, 5.41) is 32.0.